The zero-order chi connectivity index (χ0) is 12.1. The molecule has 17 heavy (non-hydrogen) atoms. The smallest absolute Gasteiger partial charge is 0.161 e. The summed E-state index contributed by atoms with van der Waals surface area (Å²) in [6.07, 6.45) is 0. The van der Waals surface area contributed by atoms with Gasteiger partial charge in [0.2, 0.25) is 0 Å². The first-order chi connectivity index (χ1) is 8.29. The Morgan fingerprint density at radius 1 is 1.06 bits per heavy atom. The van der Waals surface area contributed by atoms with Crippen LogP contribution in [0.4, 0.5) is 0 Å². The third-order valence-electron chi connectivity index (χ3n) is 2.40. The fourth-order valence-electron chi connectivity index (χ4n) is 1.50. The summed E-state index contributed by atoms with van der Waals surface area (Å²) in [4.78, 5) is 0. The Morgan fingerprint density at radius 3 is 2.47 bits per heavy atom. The molecule has 0 atom stereocenters. The molecule has 0 saturated carbocycles. The fourth-order valence-corrected chi connectivity index (χ4v) is 1.50. The number of phenols is 1. The Bertz CT molecular complexity index is 480. The largest absolute Gasteiger partial charge is 0.504 e. The average Bonchev–Trinajstić information content (AvgIpc) is 2.38. The molecule has 0 amide bonds. The van der Waals surface area contributed by atoms with Crippen LogP contribution in [0.1, 0.15) is 5.56 Å². The minimum Gasteiger partial charge on any atom is -0.504 e. The highest BCUT2D eigenvalue weighted by Gasteiger charge is 2.03. The number of hydrogen-bond donors (Lipinski definition) is 1. The van der Waals surface area contributed by atoms with Gasteiger partial charge in [0.15, 0.2) is 11.5 Å². The first-order valence-corrected chi connectivity index (χ1v) is 5.33. The summed E-state index contributed by atoms with van der Waals surface area (Å²) in [5, 5.41) is 9.58. The van der Waals surface area contributed by atoms with Crippen molar-refractivity contribution in [3.8, 4) is 17.2 Å². The Kier molecular flexibility index (Phi) is 3.50. The Labute approximate surface area is 100 Å². The lowest BCUT2D eigenvalue weighted by atomic mass is 10.2. The van der Waals surface area contributed by atoms with Crippen LogP contribution < -0.4 is 9.47 Å². The van der Waals surface area contributed by atoms with Crippen LogP contribution >= 0.6 is 0 Å². The topological polar surface area (TPSA) is 38.7 Å². The highest BCUT2D eigenvalue weighted by Crippen LogP contribution is 2.29. The molecule has 0 fully saturated rings. The van der Waals surface area contributed by atoms with Gasteiger partial charge in [0.05, 0.1) is 7.11 Å². The van der Waals surface area contributed by atoms with Crippen LogP contribution in [0.25, 0.3) is 0 Å². The molecule has 88 valence electrons. The Balaban J connectivity index is 2.02. The minimum absolute atomic E-state index is 0.0815. The van der Waals surface area contributed by atoms with Crippen LogP contribution in [0, 0.1) is 0 Å². The summed E-state index contributed by atoms with van der Waals surface area (Å²) in [6, 6.07) is 14.8. The molecule has 0 bridgehead atoms. The first-order valence-electron chi connectivity index (χ1n) is 5.33. The van der Waals surface area contributed by atoms with E-state index < -0.39 is 0 Å². The monoisotopic (exact) mass is 230 g/mol. The van der Waals surface area contributed by atoms with E-state index in [1.165, 1.54) is 7.11 Å². The molecule has 2 rings (SSSR count). The number of aromatic hydroxyl groups is 1. The minimum atomic E-state index is 0.0815. The van der Waals surface area contributed by atoms with E-state index >= 15 is 0 Å². The lowest BCUT2D eigenvalue weighted by Crippen LogP contribution is -1.95. The summed E-state index contributed by atoms with van der Waals surface area (Å²) >= 11 is 0. The van der Waals surface area contributed by atoms with Crippen molar-refractivity contribution in [2.24, 2.45) is 0 Å². The average molecular weight is 230 g/mol. The first kappa shape index (κ1) is 11.3. The van der Waals surface area contributed by atoms with Crippen molar-refractivity contribution in [3.05, 3.63) is 54.1 Å². The third-order valence-corrected chi connectivity index (χ3v) is 2.40. The SMILES string of the molecule is COc1ccc(OCc2ccccc2)cc1O. The molecule has 1 N–H and O–H groups in total. The number of benzene rings is 2. The number of ether oxygens (including phenoxy) is 2. The molecular formula is C14H14O3. The molecule has 0 aliphatic heterocycles. The number of phenolic OH excluding ortho intramolecular Hbond substituents is 1. The van der Waals surface area contributed by atoms with Gasteiger partial charge in [-0.15, -0.1) is 0 Å². The molecule has 0 unspecified atom stereocenters. The van der Waals surface area contributed by atoms with Crippen LogP contribution in [-0.2, 0) is 6.61 Å². The second kappa shape index (κ2) is 5.25. The third kappa shape index (κ3) is 2.91. The normalized spacial score (nSPS) is 9.94. The summed E-state index contributed by atoms with van der Waals surface area (Å²) in [6.45, 7) is 0.479. The van der Waals surface area contributed by atoms with Gasteiger partial charge >= 0.3 is 0 Å². The summed E-state index contributed by atoms with van der Waals surface area (Å²) in [7, 11) is 1.51. The zero-order valence-electron chi connectivity index (χ0n) is 9.59. The molecular weight excluding hydrogens is 216 g/mol. The van der Waals surface area contributed by atoms with Gasteiger partial charge in [0.1, 0.15) is 12.4 Å². The van der Waals surface area contributed by atoms with E-state index in [4.69, 9.17) is 9.47 Å². The number of rotatable bonds is 4. The van der Waals surface area contributed by atoms with Crippen molar-refractivity contribution in [2.75, 3.05) is 7.11 Å². The van der Waals surface area contributed by atoms with E-state index in [9.17, 15) is 5.11 Å². The van der Waals surface area contributed by atoms with E-state index in [2.05, 4.69) is 0 Å². The van der Waals surface area contributed by atoms with Gasteiger partial charge in [0, 0.05) is 6.07 Å². The molecule has 0 aliphatic carbocycles. The number of methoxy groups -OCH3 is 1. The van der Waals surface area contributed by atoms with E-state index in [1.807, 2.05) is 30.3 Å². The maximum absolute atomic E-state index is 9.58. The maximum atomic E-state index is 9.58. The van der Waals surface area contributed by atoms with E-state index in [-0.39, 0.29) is 5.75 Å². The van der Waals surface area contributed by atoms with Gasteiger partial charge in [0.25, 0.3) is 0 Å². The van der Waals surface area contributed by atoms with Crippen molar-refractivity contribution < 1.29 is 14.6 Å². The molecule has 0 radical (unpaired) electrons. The molecule has 0 aliphatic rings. The standard InChI is InChI=1S/C14H14O3/c1-16-14-8-7-12(9-13(14)15)17-10-11-5-3-2-4-6-11/h2-9,15H,10H2,1H3. The van der Waals surface area contributed by atoms with Crippen LogP contribution in [0.2, 0.25) is 0 Å². The Morgan fingerprint density at radius 2 is 1.82 bits per heavy atom. The molecule has 0 heterocycles. The van der Waals surface area contributed by atoms with Crippen molar-refractivity contribution >= 4 is 0 Å². The second-order valence-corrected chi connectivity index (χ2v) is 3.61. The fraction of sp³-hybridized carbons (Fsp3) is 0.143. The van der Waals surface area contributed by atoms with Gasteiger partial charge in [-0.1, -0.05) is 30.3 Å². The Hall–Kier alpha value is -2.16. The summed E-state index contributed by atoms with van der Waals surface area (Å²) < 4.78 is 10.5. The summed E-state index contributed by atoms with van der Waals surface area (Å²) in [5.41, 5.74) is 1.09. The molecule has 0 aromatic heterocycles. The predicted molar refractivity (Wildman–Crippen MR) is 65.4 cm³/mol. The van der Waals surface area contributed by atoms with E-state index in [0.717, 1.165) is 5.56 Å². The van der Waals surface area contributed by atoms with Crippen molar-refractivity contribution in [1.82, 2.24) is 0 Å². The van der Waals surface area contributed by atoms with Gasteiger partial charge in [-0.2, -0.15) is 0 Å². The molecule has 3 nitrogen and oxygen atoms in total. The van der Waals surface area contributed by atoms with Crippen LogP contribution in [0.5, 0.6) is 17.2 Å². The van der Waals surface area contributed by atoms with Crippen LogP contribution in [0.15, 0.2) is 48.5 Å². The highest BCUT2D eigenvalue weighted by atomic mass is 16.5. The lowest BCUT2D eigenvalue weighted by molar-refractivity contribution is 0.302. The number of hydrogen-bond acceptors (Lipinski definition) is 3. The van der Waals surface area contributed by atoms with Crippen molar-refractivity contribution in [2.45, 2.75) is 6.61 Å². The highest BCUT2D eigenvalue weighted by molar-refractivity contribution is 5.44. The van der Waals surface area contributed by atoms with Crippen LogP contribution in [0.3, 0.4) is 0 Å². The summed E-state index contributed by atoms with van der Waals surface area (Å²) in [5.74, 6) is 1.14. The van der Waals surface area contributed by atoms with Gasteiger partial charge in [-0.05, 0) is 17.7 Å². The molecule has 2 aromatic carbocycles. The van der Waals surface area contributed by atoms with Crippen molar-refractivity contribution in [3.63, 3.8) is 0 Å². The molecule has 2 aromatic rings. The second-order valence-electron chi connectivity index (χ2n) is 3.61. The maximum Gasteiger partial charge on any atom is 0.161 e. The molecule has 0 spiro atoms. The lowest BCUT2D eigenvalue weighted by Gasteiger charge is -2.08. The van der Waals surface area contributed by atoms with Gasteiger partial charge in [-0.3, -0.25) is 0 Å². The predicted octanol–water partition coefficient (Wildman–Crippen LogP) is 2.98. The zero-order valence-corrected chi connectivity index (χ0v) is 9.59. The van der Waals surface area contributed by atoms with E-state index in [0.29, 0.717) is 18.1 Å². The molecule has 3 heteroatoms. The van der Waals surface area contributed by atoms with Crippen molar-refractivity contribution in [1.29, 1.82) is 0 Å². The van der Waals surface area contributed by atoms with Gasteiger partial charge in [-0.25, -0.2) is 0 Å². The van der Waals surface area contributed by atoms with Crippen LogP contribution in [-0.4, -0.2) is 12.2 Å². The molecule has 0 saturated heterocycles. The quantitative estimate of drug-likeness (QED) is 0.877. The van der Waals surface area contributed by atoms with E-state index in [1.54, 1.807) is 18.2 Å². The van der Waals surface area contributed by atoms with Gasteiger partial charge < -0.3 is 14.6 Å².